The zero-order valence-electron chi connectivity index (χ0n) is 49.7. The van der Waals surface area contributed by atoms with E-state index in [1.807, 2.05) is 0 Å². The molecule has 1 unspecified atom stereocenters. The number of ether oxygens (including phenoxy) is 3. The highest BCUT2D eigenvalue weighted by molar-refractivity contribution is 5.71. The number of unbranched alkanes of at least 4 members (excludes halogenated alkanes) is 28. The SMILES string of the molecule is CC/C=C\C/C=C\C/C=C\C/C=C\C/C=C\CCCCCCCCCC(=O)OCC(COC(=O)CCCCCC/C=C\C/C=C\C/C=C\C/C=C\CC)OC(=O)CCCCCCCCCCCCCCCCCCCC. The van der Waals surface area contributed by atoms with Crippen LogP contribution in [0.5, 0.6) is 0 Å². The summed E-state index contributed by atoms with van der Waals surface area (Å²) in [7, 11) is 0. The molecular formula is C70H118O6. The van der Waals surface area contributed by atoms with E-state index in [-0.39, 0.29) is 31.1 Å². The summed E-state index contributed by atoms with van der Waals surface area (Å²) in [5.41, 5.74) is 0. The molecule has 0 aromatic carbocycles. The van der Waals surface area contributed by atoms with Gasteiger partial charge >= 0.3 is 17.9 Å². The quantitative estimate of drug-likeness (QED) is 0.0261. The van der Waals surface area contributed by atoms with Crippen LogP contribution in [-0.4, -0.2) is 37.2 Å². The van der Waals surface area contributed by atoms with E-state index in [9.17, 15) is 14.4 Å². The number of rotatable bonds is 57. The van der Waals surface area contributed by atoms with E-state index < -0.39 is 6.10 Å². The van der Waals surface area contributed by atoms with Gasteiger partial charge < -0.3 is 14.2 Å². The lowest BCUT2D eigenvalue weighted by molar-refractivity contribution is -0.167. The van der Waals surface area contributed by atoms with Crippen LogP contribution in [0.1, 0.15) is 297 Å². The fraction of sp³-hybridized carbons (Fsp3) is 0.700. The van der Waals surface area contributed by atoms with Crippen LogP contribution in [0.2, 0.25) is 0 Å². The van der Waals surface area contributed by atoms with E-state index in [4.69, 9.17) is 14.2 Å². The molecule has 0 aromatic heterocycles. The van der Waals surface area contributed by atoms with Crippen molar-refractivity contribution in [1.82, 2.24) is 0 Å². The Balaban J connectivity index is 4.42. The van der Waals surface area contributed by atoms with E-state index in [0.29, 0.717) is 19.3 Å². The minimum absolute atomic E-state index is 0.0911. The maximum atomic E-state index is 12.9. The van der Waals surface area contributed by atoms with Gasteiger partial charge in [-0.2, -0.15) is 0 Å². The Morgan fingerprint density at radius 2 is 0.513 bits per heavy atom. The number of allylic oxidation sites excluding steroid dienone is 18. The van der Waals surface area contributed by atoms with Gasteiger partial charge in [-0.1, -0.05) is 284 Å². The van der Waals surface area contributed by atoms with Gasteiger partial charge in [-0.3, -0.25) is 14.4 Å². The molecule has 0 rings (SSSR count). The summed E-state index contributed by atoms with van der Waals surface area (Å²) in [4.78, 5) is 38.3. The first kappa shape index (κ1) is 72.1. The first-order valence-corrected chi connectivity index (χ1v) is 31.9. The largest absolute Gasteiger partial charge is 0.462 e. The molecule has 0 fully saturated rings. The van der Waals surface area contributed by atoms with Crippen LogP contribution < -0.4 is 0 Å². The van der Waals surface area contributed by atoms with Gasteiger partial charge in [-0.05, 0) is 103 Å². The third kappa shape index (κ3) is 60.9. The average molecular weight is 1060 g/mol. The van der Waals surface area contributed by atoms with Crippen LogP contribution >= 0.6 is 0 Å². The smallest absolute Gasteiger partial charge is 0.306 e. The lowest BCUT2D eigenvalue weighted by Crippen LogP contribution is -2.30. The second-order valence-electron chi connectivity index (χ2n) is 20.9. The average Bonchev–Trinajstić information content (AvgIpc) is 3.42. The number of hydrogen-bond acceptors (Lipinski definition) is 6. The first-order chi connectivity index (χ1) is 37.5. The van der Waals surface area contributed by atoms with Gasteiger partial charge in [0.05, 0.1) is 0 Å². The Kier molecular flexibility index (Phi) is 60.3. The summed E-state index contributed by atoms with van der Waals surface area (Å²) >= 11 is 0. The van der Waals surface area contributed by atoms with Crippen molar-refractivity contribution >= 4 is 17.9 Å². The van der Waals surface area contributed by atoms with Gasteiger partial charge in [0.2, 0.25) is 0 Å². The first-order valence-electron chi connectivity index (χ1n) is 31.9. The molecule has 0 aliphatic heterocycles. The molecule has 0 saturated carbocycles. The molecule has 0 spiro atoms. The van der Waals surface area contributed by atoms with Gasteiger partial charge in [-0.15, -0.1) is 0 Å². The summed E-state index contributed by atoms with van der Waals surface area (Å²) in [6.45, 7) is 6.41. The third-order valence-electron chi connectivity index (χ3n) is 13.5. The highest BCUT2D eigenvalue weighted by Crippen LogP contribution is 2.16. The molecule has 1 atom stereocenters. The summed E-state index contributed by atoms with van der Waals surface area (Å²) < 4.78 is 16.9. The van der Waals surface area contributed by atoms with E-state index in [2.05, 4.69) is 130 Å². The highest BCUT2D eigenvalue weighted by atomic mass is 16.6. The predicted octanol–water partition coefficient (Wildman–Crippen LogP) is 21.8. The van der Waals surface area contributed by atoms with E-state index in [1.54, 1.807) is 0 Å². The normalized spacial score (nSPS) is 12.8. The molecule has 0 aromatic rings. The Labute approximate surface area is 470 Å². The van der Waals surface area contributed by atoms with Crippen molar-refractivity contribution in [2.75, 3.05) is 13.2 Å². The highest BCUT2D eigenvalue weighted by Gasteiger charge is 2.19. The van der Waals surface area contributed by atoms with Gasteiger partial charge in [0, 0.05) is 19.3 Å². The number of carbonyl (C=O) groups is 3. The fourth-order valence-electron chi connectivity index (χ4n) is 8.81. The minimum atomic E-state index is -0.795. The van der Waals surface area contributed by atoms with Gasteiger partial charge in [0.25, 0.3) is 0 Å². The summed E-state index contributed by atoms with van der Waals surface area (Å²) in [6, 6.07) is 0. The van der Waals surface area contributed by atoms with E-state index in [0.717, 1.165) is 135 Å². The van der Waals surface area contributed by atoms with E-state index >= 15 is 0 Å². The van der Waals surface area contributed by atoms with Crippen LogP contribution in [0.25, 0.3) is 0 Å². The lowest BCUT2D eigenvalue weighted by Gasteiger charge is -2.18. The number of esters is 3. The third-order valence-corrected chi connectivity index (χ3v) is 13.5. The molecule has 0 aliphatic rings. The van der Waals surface area contributed by atoms with E-state index in [1.165, 1.54) is 122 Å². The van der Waals surface area contributed by atoms with Gasteiger partial charge in [0.15, 0.2) is 6.10 Å². The van der Waals surface area contributed by atoms with Crippen molar-refractivity contribution < 1.29 is 28.6 Å². The topological polar surface area (TPSA) is 78.9 Å². The van der Waals surface area contributed by atoms with Crippen molar-refractivity contribution in [2.24, 2.45) is 0 Å². The van der Waals surface area contributed by atoms with Crippen molar-refractivity contribution in [3.63, 3.8) is 0 Å². The molecule has 0 aliphatic carbocycles. The van der Waals surface area contributed by atoms with Crippen molar-refractivity contribution in [3.8, 4) is 0 Å². The summed E-state index contributed by atoms with van der Waals surface area (Å²) in [6.07, 6.45) is 86.6. The van der Waals surface area contributed by atoms with Crippen molar-refractivity contribution in [3.05, 3.63) is 109 Å². The number of hydrogen-bond donors (Lipinski definition) is 0. The lowest BCUT2D eigenvalue weighted by atomic mass is 10.0. The molecule has 0 saturated heterocycles. The maximum Gasteiger partial charge on any atom is 0.306 e. The van der Waals surface area contributed by atoms with Crippen LogP contribution in [0.3, 0.4) is 0 Å². The molecule has 76 heavy (non-hydrogen) atoms. The molecule has 0 radical (unpaired) electrons. The summed E-state index contributed by atoms with van der Waals surface area (Å²) in [5.74, 6) is -0.915. The Morgan fingerprint density at radius 1 is 0.276 bits per heavy atom. The zero-order valence-corrected chi connectivity index (χ0v) is 49.7. The molecule has 434 valence electrons. The second kappa shape index (κ2) is 63.6. The van der Waals surface area contributed by atoms with Crippen LogP contribution in [0, 0.1) is 0 Å². The van der Waals surface area contributed by atoms with Crippen LogP contribution in [0.4, 0.5) is 0 Å². The molecule has 6 heteroatoms. The Morgan fingerprint density at radius 3 is 0.803 bits per heavy atom. The summed E-state index contributed by atoms with van der Waals surface area (Å²) in [5, 5.41) is 0. The zero-order chi connectivity index (χ0) is 55.0. The monoisotopic (exact) mass is 1050 g/mol. The molecular weight excluding hydrogens is 937 g/mol. The molecule has 0 bridgehead atoms. The molecule has 0 N–H and O–H groups in total. The predicted molar refractivity (Wildman–Crippen MR) is 330 cm³/mol. The maximum absolute atomic E-state index is 12.9. The second-order valence-corrected chi connectivity index (χ2v) is 20.9. The molecule has 0 amide bonds. The van der Waals surface area contributed by atoms with Crippen LogP contribution in [0.15, 0.2) is 109 Å². The minimum Gasteiger partial charge on any atom is -0.462 e. The van der Waals surface area contributed by atoms with Gasteiger partial charge in [-0.25, -0.2) is 0 Å². The Bertz CT molecular complexity index is 1540. The Hall–Kier alpha value is -3.93. The number of carbonyl (C=O) groups excluding carboxylic acids is 3. The van der Waals surface area contributed by atoms with Crippen molar-refractivity contribution in [2.45, 2.75) is 303 Å². The molecule has 0 heterocycles. The molecule has 6 nitrogen and oxygen atoms in total. The fourth-order valence-corrected chi connectivity index (χ4v) is 8.81. The standard InChI is InChI=1S/C70H118O6/c1-4-7-10-13-16-19-22-25-28-31-33-34-35-36-37-40-42-45-48-51-54-57-60-63-69(72)75-66-67(65-74-68(71)62-59-56-53-50-47-44-41-38-30-27-24-21-18-15-12-9-6-3)76-70(73)64-61-58-55-52-49-46-43-39-32-29-26-23-20-17-14-11-8-5-2/h7,9-10,12,16,18-19,21,25,27-28,30,33-34,36-37,41,44,67H,4-6,8,11,13-15,17,20,22-24,26,29,31-32,35,38-40,42-43,45-66H2,1-3H3/b10-7-,12-9-,19-16-,21-18-,28-25-,30-27-,34-33-,37-36-,44-41-. The van der Waals surface area contributed by atoms with Crippen LogP contribution in [-0.2, 0) is 28.6 Å². The van der Waals surface area contributed by atoms with Gasteiger partial charge in [0.1, 0.15) is 13.2 Å². The van der Waals surface area contributed by atoms with Crippen molar-refractivity contribution in [1.29, 1.82) is 0 Å².